The molecule has 0 aliphatic rings. The molecule has 0 aromatic heterocycles. The second kappa shape index (κ2) is 8.66. The zero-order chi connectivity index (χ0) is 19.1. The first-order valence-corrected chi connectivity index (χ1v) is 7.67. The van der Waals surface area contributed by atoms with Gasteiger partial charge in [-0.2, -0.15) is 0 Å². The van der Waals surface area contributed by atoms with Crippen LogP contribution in [0.5, 0.6) is 11.5 Å². The molecule has 7 heteroatoms. The third kappa shape index (κ3) is 5.07. The number of amides is 1. The van der Waals surface area contributed by atoms with Crippen LogP contribution in [0.15, 0.2) is 48.2 Å². The van der Waals surface area contributed by atoms with Crippen LogP contribution >= 0.6 is 0 Å². The number of hydrogen-bond acceptors (Lipinski definition) is 4. The van der Waals surface area contributed by atoms with E-state index in [1.54, 1.807) is 36.4 Å². The molecule has 0 saturated heterocycles. The molecule has 0 aliphatic carbocycles. The topological polar surface area (TPSA) is 84.9 Å². The fourth-order valence-electron chi connectivity index (χ4n) is 2.17. The predicted molar refractivity (Wildman–Crippen MR) is 93.2 cm³/mol. The van der Waals surface area contributed by atoms with E-state index in [9.17, 15) is 14.0 Å². The Balaban J connectivity index is 2.22. The second-order valence-electron chi connectivity index (χ2n) is 5.33. The van der Waals surface area contributed by atoms with Crippen molar-refractivity contribution in [2.75, 3.05) is 7.11 Å². The van der Waals surface area contributed by atoms with Crippen LogP contribution in [0.2, 0.25) is 0 Å². The van der Waals surface area contributed by atoms with E-state index in [0.29, 0.717) is 22.6 Å². The molecule has 0 radical (unpaired) electrons. The average molecular weight is 359 g/mol. The monoisotopic (exact) mass is 359 g/mol. The molecule has 0 atom stereocenters. The van der Waals surface area contributed by atoms with E-state index in [1.165, 1.54) is 26.2 Å². The summed E-state index contributed by atoms with van der Waals surface area (Å²) in [5, 5.41) is 11.4. The van der Waals surface area contributed by atoms with E-state index < -0.39 is 11.9 Å². The number of halogens is 1. The minimum atomic E-state index is -1.26. The Morgan fingerprint density at radius 3 is 2.54 bits per heavy atom. The molecule has 136 valence electrons. The van der Waals surface area contributed by atoms with Crippen molar-refractivity contribution in [3.05, 3.63) is 65.1 Å². The van der Waals surface area contributed by atoms with Gasteiger partial charge in [0, 0.05) is 12.5 Å². The molecule has 0 spiro atoms. The Labute approximate surface area is 149 Å². The fourth-order valence-corrected chi connectivity index (χ4v) is 2.17. The Kier molecular flexibility index (Phi) is 6.32. The number of benzene rings is 2. The first-order chi connectivity index (χ1) is 12.4. The maximum atomic E-state index is 13.7. The van der Waals surface area contributed by atoms with Crippen molar-refractivity contribution >= 4 is 18.0 Å². The third-order valence-corrected chi connectivity index (χ3v) is 3.38. The van der Waals surface area contributed by atoms with Crippen LogP contribution in [0.4, 0.5) is 4.39 Å². The molecule has 2 aromatic rings. The molecular weight excluding hydrogens is 341 g/mol. The molecule has 2 rings (SSSR count). The number of carbonyl (C=O) groups is 2. The van der Waals surface area contributed by atoms with E-state index >= 15 is 0 Å². The van der Waals surface area contributed by atoms with Crippen LogP contribution in [0, 0.1) is 5.82 Å². The number of methoxy groups -OCH3 is 1. The standard InChI is InChI=1S/C19H18FNO5/c1-12(22)21-16(19(23)24)9-13-7-8-17(18(10-13)25-2)26-11-14-5-3-4-6-15(14)20/h3-10H,11H2,1-2H3,(H,21,22)(H,23,24)/b16-9+. The quantitative estimate of drug-likeness (QED) is 0.743. The summed E-state index contributed by atoms with van der Waals surface area (Å²) in [4.78, 5) is 22.3. The molecule has 2 N–H and O–H groups in total. The van der Waals surface area contributed by atoms with Crippen molar-refractivity contribution in [1.29, 1.82) is 0 Å². The maximum Gasteiger partial charge on any atom is 0.352 e. The minimum Gasteiger partial charge on any atom is -0.493 e. The number of carbonyl (C=O) groups excluding carboxylic acids is 1. The highest BCUT2D eigenvalue weighted by Crippen LogP contribution is 2.29. The van der Waals surface area contributed by atoms with Gasteiger partial charge < -0.3 is 19.9 Å². The zero-order valence-electron chi connectivity index (χ0n) is 14.3. The largest absolute Gasteiger partial charge is 0.493 e. The lowest BCUT2D eigenvalue weighted by Gasteiger charge is -2.12. The van der Waals surface area contributed by atoms with Gasteiger partial charge in [-0.25, -0.2) is 9.18 Å². The van der Waals surface area contributed by atoms with Gasteiger partial charge in [-0.05, 0) is 29.8 Å². The van der Waals surface area contributed by atoms with Crippen LogP contribution in [-0.2, 0) is 16.2 Å². The molecule has 1 amide bonds. The number of ether oxygens (including phenoxy) is 2. The molecule has 26 heavy (non-hydrogen) atoms. The Morgan fingerprint density at radius 1 is 1.19 bits per heavy atom. The second-order valence-corrected chi connectivity index (χ2v) is 5.33. The van der Waals surface area contributed by atoms with Gasteiger partial charge >= 0.3 is 5.97 Å². The summed E-state index contributed by atoms with van der Waals surface area (Å²) in [7, 11) is 1.44. The van der Waals surface area contributed by atoms with Gasteiger partial charge in [0.05, 0.1) is 7.11 Å². The Hall–Kier alpha value is -3.35. The van der Waals surface area contributed by atoms with Crippen molar-refractivity contribution < 1.29 is 28.6 Å². The number of aliphatic carboxylic acids is 1. The van der Waals surface area contributed by atoms with Gasteiger partial charge in [0.2, 0.25) is 5.91 Å². The smallest absolute Gasteiger partial charge is 0.352 e. The van der Waals surface area contributed by atoms with Gasteiger partial charge in [0.1, 0.15) is 18.1 Å². The van der Waals surface area contributed by atoms with Crippen LogP contribution < -0.4 is 14.8 Å². The van der Waals surface area contributed by atoms with Crippen molar-refractivity contribution in [2.45, 2.75) is 13.5 Å². The third-order valence-electron chi connectivity index (χ3n) is 3.38. The van der Waals surface area contributed by atoms with Gasteiger partial charge in [-0.1, -0.05) is 24.3 Å². The van der Waals surface area contributed by atoms with Gasteiger partial charge in [-0.3, -0.25) is 4.79 Å². The Morgan fingerprint density at radius 2 is 1.92 bits per heavy atom. The zero-order valence-corrected chi connectivity index (χ0v) is 14.3. The molecule has 0 saturated carbocycles. The summed E-state index contributed by atoms with van der Waals surface area (Å²) in [6, 6.07) is 11.0. The average Bonchev–Trinajstić information content (AvgIpc) is 2.60. The number of rotatable bonds is 7. The molecule has 0 unspecified atom stereocenters. The van der Waals surface area contributed by atoms with Crippen molar-refractivity contribution in [1.82, 2.24) is 5.32 Å². The first-order valence-electron chi connectivity index (χ1n) is 7.67. The summed E-state index contributed by atoms with van der Waals surface area (Å²) in [5.41, 5.74) is 0.628. The summed E-state index contributed by atoms with van der Waals surface area (Å²) < 4.78 is 24.5. The number of hydrogen-bond donors (Lipinski definition) is 2. The maximum absolute atomic E-state index is 13.7. The highest BCUT2D eigenvalue weighted by atomic mass is 19.1. The predicted octanol–water partition coefficient (Wildman–Crippen LogP) is 2.97. The summed E-state index contributed by atoms with van der Waals surface area (Å²) >= 11 is 0. The SMILES string of the molecule is COc1cc(/C=C(/NC(C)=O)C(=O)O)ccc1OCc1ccccc1F. The molecule has 6 nitrogen and oxygen atoms in total. The van der Waals surface area contributed by atoms with E-state index in [4.69, 9.17) is 14.6 Å². The fraction of sp³-hybridized carbons (Fsp3) is 0.158. The summed E-state index contributed by atoms with van der Waals surface area (Å²) in [5.74, 6) is -1.39. The van der Waals surface area contributed by atoms with Gasteiger partial charge in [0.15, 0.2) is 11.5 Å². The molecule has 0 fully saturated rings. The van der Waals surface area contributed by atoms with Crippen LogP contribution in [0.3, 0.4) is 0 Å². The number of carboxylic acids is 1. The van der Waals surface area contributed by atoms with Crippen LogP contribution in [0.25, 0.3) is 6.08 Å². The Bertz CT molecular complexity index is 848. The molecule has 0 heterocycles. The van der Waals surface area contributed by atoms with Crippen LogP contribution in [0.1, 0.15) is 18.1 Å². The normalized spacial score (nSPS) is 11.0. The van der Waals surface area contributed by atoms with E-state index in [0.717, 1.165) is 0 Å². The van der Waals surface area contributed by atoms with Gasteiger partial charge in [-0.15, -0.1) is 0 Å². The molecule has 0 aliphatic heterocycles. The van der Waals surface area contributed by atoms with Crippen molar-refractivity contribution in [3.8, 4) is 11.5 Å². The number of carboxylic acid groups (broad SMARTS) is 1. The highest BCUT2D eigenvalue weighted by molar-refractivity contribution is 5.96. The van der Waals surface area contributed by atoms with E-state index in [1.807, 2.05) is 0 Å². The van der Waals surface area contributed by atoms with Gasteiger partial charge in [0.25, 0.3) is 0 Å². The lowest BCUT2D eigenvalue weighted by molar-refractivity contribution is -0.134. The molecule has 2 aromatic carbocycles. The minimum absolute atomic E-state index is 0.0183. The lowest BCUT2D eigenvalue weighted by Crippen LogP contribution is -2.24. The lowest BCUT2D eigenvalue weighted by atomic mass is 10.1. The molecule has 0 bridgehead atoms. The van der Waals surface area contributed by atoms with Crippen LogP contribution in [-0.4, -0.2) is 24.1 Å². The summed E-state index contributed by atoms with van der Waals surface area (Å²) in [6.45, 7) is 1.24. The number of nitrogens with one attached hydrogen (secondary N) is 1. The van der Waals surface area contributed by atoms with E-state index in [-0.39, 0.29) is 18.1 Å². The first kappa shape index (κ1) is 19.0. The molecular formula is C19H18FNO5. The summed E-state index contributed by atoms with van der Waals surface area (Å²) in [6.07, 6.45) is 1.30. The highest BCUT2D eigenvalue weighted by Gasteiger charge is 2.11. The van der Waals surface area contributed by atoms with E-state index in [2.05, 4.69) is 5.32 Å². The van der Waals surface area contributed by atoms with Crippen molar-refractivity contribution in [2.24, 2.45) is 0 Å². The van der Waals surface area contributed by atoms with Crippen molar-refractivity contribution in [3.63, 3.8) is 0 Å².